The summed E-state index contributed by atoms with van der Waals surface area (Å²) in [6.45, 7) is 0. The summed E-state index contributed by atoms with van der Waals surface area (Å²) in [5.74, 6) is 4.06. The molecule has 1 aliphatic heterocycles. The fourth-order valence-electron chi connectivity index (χ4n) is 2.19. The van der Waals surface area contributed by atoms with E-state index in [1.165, 1.54) is 24.3 Å². The van der Waals surface area contributed by atoms with Crippen LogP contribution in [0, 0.1) is 11.8 Å². The largest absolute Gasteiger partial charge is 0.393 e. The van der Waals surface area contributed by atoms with E-state index in [2.05, 4.69) is 0 Å². The minimum absolute atomic E-state index is 0.0396. The van der Waals surface area contributed by atoms with Crippen LogP contribution in [0.5, 0.6) is 0 Å². The molecule has 2 heteroatoms. The van der Waals surface area contributed by atoms with Crippen LogP contribution >= 0.6 is 11.8 Å². The fourth-order valence-corrected chi connectivity index (χ4v) is 3.59. The molecule has 0 aromatic carbocycles. The number of hydrogen-bond acceptors (Lipinski definition) is 2. The summed E-state index contributed by atoms with van der Waals surface area (Å²) < 4.78 is 0. The lowest BCUT2D eigenvalue weighted by Gasteiger charge is -2.26. The zero-order valence-electron chi connectivity index (χ0n) is 6.12. The summed E-state index contributed by atoms with van der Waals surface area (Å²) in [6.07, 6.45) is 3.74. The van der Waals surface area contributed by atoms with Crippen LogP contribution in [0.1, 0.15) is 19.3 Å². The second kappa shape index (κ2) is 2.74. The van der Waals surface area contributed by atoms with Gasteiger partial charge >= 0.3 is 0 Å². The van der Waals surface area contributed by atoms with E-state index in [9.17, 15) is 5.11 Å². The lowest BCUT2D eigenvalue weighted by atomic mass is 9.94. The van der Waals surface area contributed by atoms with Crippen molar-refractivity contribution in [1.29, 1.82) is 0 Å². The maximum Gasteiger partial charge on any atom is 0.0579 e. The molecule has 0 spiro atoms. The molecule has 3 unspecified atom stereocenters. The third-order valence-corrected chi connectivity index (χ3v) is 4.02. The number of fused-ring (bicyclic) bond motifs is 1. The molecule has 2 fully saturated rings. The Bertz CT molecular complexity index is 124. The highest BCUT2D eigenvalue weighted by Crippen LogP contribution is 2.40. The normalized spacial score (nSPS) is 47.1. The van der Waals surface area contributed by atoms with Crippen LogP contribution in [-0.2, 0) is 0 Å². The topological polar surface area (TPSA) is 20.2 Å². The van der Waals surface area contributed by atoms with E-state index in [0.29, 0.717) is 5.92 Å². The summed E-state index contributed by atoms with van der Waals surface area (Å²) in [4.78, 5) is 0. The Kier molecular flexibility index (Phi) is 1.92. The number of thioether (sulfide) groups is 1. The maximum atomic E-state index is 9.51. The van der Waals surface area contributed by atoms with Crippen molar-refractivity contribution in [3.63, 3.8) is 0 Å². The van der Waals surface area contributed by atoms with Gasteiger partial charge in [-0.25, -0.2) is 0 Å². The average molecular weight is 158 g/mol. The van der Waals surface area contributed by atoms with Crippen LogP contribution < -0.4 is 0 Å². The molecule has 1 saturated carbocycles. The zero-order valence-corrected chi connectivity index (χ0v) is 6.94. The van der Waals surface area contributed by atoms with E-state index in [4.69, 9.17) is 0 Å². The molecule has 0 aromatic rings. The van der Waals surface area contributed by atoms with Crippen molar-refractivity contribution >= 4 is 11.8 Å². The molecule has 3 atom stereocenters. The Labute approximate surface area is 66.2 Å². The number of hydrogen-bond donors (Lipinski definition) is 1. The monoisotopic (exact) mass is 158 g/mol. The first-order valence-corrected chi connectivity index (χ1v) is 5.29. The van der Waals surface area contributed by atoms with Gasteiger partial charge in [-0.15, -0.1) is 0 Å². The van der Waals surface area contributed by atoms with E-state index in [-0.39, 0.29) is 6.10 Å². The summed E-state index contributed by atoms with van der Waals surface area (Å²) in [5.41, 5.74) is 0. The minimum atomic E-state index is 0.0396. The second-order valence-electron chi connectivity index (χ2n) is 3.43. The maximum absolute atomic E-state index is 9.51. The first-order valence-electron chi connectivity index (χ1n) is 4.14. The van der Waals surface area contributed by atoms with Crippen LogP contribution in [0.15, 0.2) is 0 Å². The molecule has 0 bridgehead atoms. The van der Waals surface area contributed by atoms with Crippen LogP contribution in [0.3, 0.4) is 0 Å². The van der Waals surface area contributed by atoms with Crippen molar-refractivity contribution in [2.24, 2.45) is 11.8 Å². The van der Waals surface area contributed by atoms with Crippen LogP contribution in [0.25, 0.3) is 0 Å². The highest BCUT2D eigenvalue weighted by molar-refractivity contribution is 7.99. The minimum Gasteiger partial charge on any atom is -0.393 e. The third-order valence-electron chi connectivity index (χ3n) is 2.88. The Morgan fingerprint density at radius 1 is 1.20 bits per heavy atom. The molecular weight excluding hydrogens is 144 g/mol. The molecule has 1 heterocycles. The van der Waals surface area contributed by atoms with Gasteiger partial charge in [-0.2, -0.15) is 11.8 Å². The first-order chi connectivity index (χ1) is 4.88. The molecule has 0 radical (unpaired) electrons. The van der Waals surface area contributed by atoms with Gasteiger partial charge in [0.05, 0.1) is 6.10 Å². The van der Waals surface area contributed by atoms with Gasteiger partial charge in [-0.1, -0.05) is 0 Å². The zero-order chi connectivity index (χ0) is 6.97. The Balaban J connectivity index is 2.01. The Hall–Kier alpha value is 0.310. The molecule has 1 nitrogen and oxygen atoms in total. The summed E-state index contributed by atoms with van der Waals surface area (Å²) in [5, 5.41) is 9.51. The quantitative estimate of drug-likeness (QED) is 0.576. The predicted octanol–water partition coefficient (Wildman–Crippen LogP) is 1.51. The van der Waals surface area contributed by atoms with Gasteiger partial charge in [-0.3, -0.25) is 0 Å². The van der Waals surface area contributed by atoms with Crippen molar-refractivity contribution in [3.8, 4) is 0 Å². The van der Waals surface area contributed by atoms with Gasteiger partial charge in [0.15, 0.2) is 0 Å². The molecule has 58 valence electrons. The van der Waals surface area contributed by atoms with Crippen molar-refractivity contribution in [3.05, 3.63) is 0 Å². The predicted molar refractivity (Wildman–Crippen MR) is 44.2 cm³/mol. The van der Waals surface area contributed by atoms with E-state index in [1.54, 1.807) is 0 Å². The van der Waals surface area contributed by atoms with Gasteiger partial charge in [0.2, 0.25) is 0 Å². The molecule has 0 amide bonds. The third kappa shape index (κ3) is 1.08. The average Bonchev–Trinajstić information content (AvgIpc) is 2.34. The Morgan fingerprint density at radius 2 is 2.10 bits per heavy atom. The summed E-state index contributed by atoms with van der Waals surface area (Å²) in [6, 6.07) is 0. The van der Waals surface area contributed by atoms with Crippen LogP contribution in [0.4, 0.5) is 0 Å². The smallest absolute Gasteiger partial charge is 0.0579 e. The summed E-state index contributed by atoms with van der Waals surface area (Å²) >= 11 is 2.02. The van der Waals surface area contributed by atoms with Gasteiger partial charge < -0.3 is 5.11 Å². The molecule has 0 aromatic heterocycles. The van der Waals surface area contributed by atoms with Crippen molar-refractivity contribution in [2.45, 2.75) is 25.4 Å². The molecule has 1 saturated heterocycles. The standard InChI is InChI=1S/C8H14OS/c9-8-2-1-6-3-4-10-5-7(6)8/h6-9H,1-5H2. The van der Waals surface area contributed by atoms with Gasteiger partial charge in [0.1, 0.15) is 0 Å². The van der Waals surface area contributed by atoms with Crippen molar-refractivity contribution in [2.75, 3.05) is 11.5 Å². The fraction of sp³-hybridized carbons (Fsp3) is 1.00. The van der Waals surface area contributed by atoms with Crippen molar-refractivity contribution in [1.82, 2.24) is 0 Å². The second-order valence-corrected chi connectivity index (χ2v) is 4.58. The molecule has 1 aliphatic carbocycles. The number of aliphatic hydroxyl groups excluding tert-OH is 1. The number of rotatable bonds is 0. The SMILES string of the molecule is OC1CCC2CCSCC12. The van der Waals surface area contributed by atoms with Gasteiger partial charge in [0, 0.05) is 0 Å². The first kappa shape index (κ1) is 6.99. The van der Waals surface area contributed by atoms with Crippen molar-refractivity contribution < 1.29 is 5.11 Å². The highest BCUT2D eigenvalue weighted by atomic mass is 32.2. The Morgan fingerprint density at radius 3 is 2.90 bits per heavy atom. The summed E-state index contributed by atoms with van der Waals surface area (Å²) in [7, 11) is 0. The van der Waals surface area contributed by atoms with Crippen LogP contribution in [0.2, 0.25) is 0 Å². The van der Waals surface area contributed by atoms with E-state index < -0.39 is 0 Å². The molecule has 2 aliphatic rings. The van der Waals surface area contributed by atoms with E-state index in [1.807, 2.05) is 11.8 Å². The lowest BCUT2D eigenvalue weighted by molar-refractivity contribution is 0.128. The lowest BCUT2D eigenvalue weighted by Crippen LogP contribution is -2.25. The molecule has 2 rings (SSSR count). The molecule has 10 heavy (non-hydrogen) atoms. The van der Waals surface area contributed by atoms with Gasteiger partial charge in [-0.05, 0) is 42.6 Å². The number of aliphatic hydroxyl groups is 1. The molecular formula is C8H14OS. The van der Waals surface area contributed by atoms with E-state index in [0.717, 1.165) is 12.3 Å². The highest BCUT2D eigenvalue weighted by Gasteiger charge is 2.36. The van der Waals surface area contributed by atoms with E-state index >= 15 is 0 Å². The molecule has 1 N–H and O–H groups in total. The van der Waals surface area contributed by atoms with Crippen LogP contribution in [-0.4, -0.2) is 22.7 Å². The van der Waals surface area contributed by atoms with Gasteiger partial charge in [0.25, 0.3) is 0 Å².